The fourth-order valence-corrected chi connectivity index (χ4v) is 3.38. The van der Waals surface area contributed by atoms with Crippen LogP contribution < -0.4 is 5.32 Å². The van der Waals surface area contributed by atoms with Gasteiger partial charge in [0.2, 0.25) is 10.0 Å². The Labute approximate surface area is 116 Å². The summed E-state index contributed by atoms with van der Waals surface area (Å²) in [5, 5.41) is 4.81. The summed E-state index contributed by atoms with van der Waals surface area (Å²) in [7, 11) is -0.110. The summed E-state index contributed by atoms with van der Waals surface area (Å²) < 4.78 is 26.0. The van der Waals surface area contributed by atoms with Crippen molar-refractivity contribution >= 4 is 21.4 Å². The van der Waals surface area contributed by atoms with Gasteiger partial charge in [0.25, 0.3) is 0 Å². The van der Waals surface area contributed by atoms with Crippen molar-refractivity contribution in [3.8, 4) is 0 Å². The predicted molar refractivity (Wildman–Crippen MR) is 74.3 cm³/mol. The Kier molecular flexibility index (Phi) is 4.35. The second-order valence-corrected chi connectivity index (χ2v) is 6.90. The average molecular weight is 300 g/mol. The topological polar surface area (TPSA) is 78.1 Å². The monoisotopic (exact) mass is 300 g/mol. The third kappa shape index (κ3) is 3.21. The first-order valence-corrected chi connectivity index (χ1v) is 8.07. The smallest absolute Gasteiger partial charge is 0.244 e. The van der Waals surface area contributed by atoms with E-state index in [-0.39, 0.29) is 11.4 Å². The van der Waals surface area contributed by atoms with E-state index < -0.39 is 10.0 Å². The molecule has 0 fully saturated rings. The molecule has 6 nitrogen and oxygen atoms in total. The minimum absolute atomic E-state index is 0.274. The van der Waals surface area contributed by atoms with Crippen LogP contribution in [0.4, 0.5) is 0 Å². The van der Waals surface area contributed by atoms with Crippen molar-refractivity contribution in [2.45, 2.75) is 18.0 Å². The number of aromatic amines is 1. The zero-order valence-corrected chi connectivity index (χ0v) is 12.4. The SMILES string of the molecule is CNCc1cc(S(=O)(=O)N(C)Cc2cscn2)c[nH]1. The maximum atomic E-state index is 12.3. The summed E-state index contributed by atoms with van der Waals surface area (Å²) in [6.45, 7) is 0.879. The first-order chi connectivity index (χ1) is 9.04. The molecule has 2 rings (SSSR count). The summed E-state index contributed by atoms with van der Waals surface area (Å²) in [4.78, 5) is 7.31. The third-order valence-corrected chi connectivity index (χ3v) is 5.08. The Hall–Kier alpha value is -1.22. The summed E-state index contributed by atoms with van der Waals surface area (Å²) in [5.41, 5.74) is 3.28. The van der Waals surface area contributed by atoms with E-state index in [1.165, 1.54) is 21.8 Å². The van der Waals surface area contributed by atoms with Crippen LogP contribution in [0.25, 0.3) is 0 Å². The lowest BCUT2D eigenvalue weighted by Crippen LogP contribution is -2.26. The molecule has 19 heavy (non-hydrogen) atoms. The molecule has 2 heterocycles. The van der Waals surface area contributed by atoms with Gasteiger partial charge in [0, 0.05) is 30.9 Å². The molecule has 0 bridgehead atoms. The van der Waals surface area contributed by atoms with Gasteiger partial charge < -0.3 is 10.3 Å². The van der Waals surface area contributed by atoms with Crippen LogP contribution in [0.2, 0.25) is 0 Å². The zero-order chi connectivity index (χ0) is 13.9. The lowest BCUT2D eigenvalue weighted by atomic mass is 10.4. The molecule has 0 saturated heterocycles. The van der Waals surface area contributed by atoms with E-state index >= 15 is 0 Å². The summed E-state index contributed by atoms with van der Waals surface area (Å²) in [5.74, 6) is 0. The highest BCUT2D eigenvalue weighted by molar-refractivity contribution is 7.89. The quantitative estimate of drug-likeness (QED) is 0.834. The molecular weight excluding hydrogens is 284 g/mol. The molecule has 2 aromatic heterocycles. The Bertz CT molecular complexity index is 619. The van der Waals surface area contributed by atoms with Crippen molar-refractivity contribution in [1.82, 2.24) is 19.6 Å². The summed E-state index contributed by atoms with van der Waals surface area (Å²) in [6, 6.07) is 1.64. The van der Waals surface area contributed by atoms with Crippen molar-refractivity contribution in [3.05, 3.63) is 34.5 Å². The second kappa shape index (κ2) is 5.83. The molecule has 0 amide bonds. The maximum Gasteiger partial charge on any atom is 0.244 e. The number of nitrogens with one attached hydrogen (secondary N) is 2. The molecule has 0 aromatic carbocycles. The van der Waals surface area contributed by atoms with Gasteiger partial charge in [0.05, 0.1) is 22.6 Å². The van der Waals surface area contributed by atoms with Crippen LogP contribution in [0.5, 0.6) is 0 Å². The van der Waals surface area contributed by atoms with Crippen LogP contribution in [-0.2, 0) is 23.1 Å². The summed E-state index contributed by atoms with van der Waals surface area (Å²) in [6.07, 6.45) is 1.51. The highest BCUT2D eigenvalue weighted by Gasteiger charge is 2.22. The molecule has 2 aromatic rings. The Morgan fingerprint density at radius 3 is 2.95 bits per heavy atom. The average Bonchev–Trinajstić information content (AvgIpc) is 3.00. The first kappa shape index (κ1) is 14.2. The number of H-pyrrole nitrogens is 1. The zero-order valence-electron chi connectivity index (χ0n) is 10.8. The number of thiazole rings is 1. The van der Waals surface area contributed by atoms with Gasteiger partial charge in [0.1, 0.15) is 0 Å². The number of nitrogens with zero attached hydrogens (tertiary/aromatic N) is 2. The molecule has 0 spiro atoms. The first-order valence-electron chi connectivity index (χ1n) is 5.69. The van der Waals surface area contributed by atoms with Crippen molar-refractivity contribution in [1.29, 1.82) is 0 Å². The van der Waals surface area contributed by atoms with Gasteiger partial charge in [0.15, 0.2) is 0 Å². The van der Waals surface area contributed by atoms with Crippen molar-refractivity contribution in [2.24, 2.45) is 0 Å². The van der Waals surface area contributed by atoms with Crippen LogP contribution in [0.15, 0.2) is 28.0 Å². The minimum atomic E-state index is -3.47. The van der Waals surface area contributed by atoms with Gasteiger partial charge in [-0.05, 0) is 13.1 Å². The van der Waals surface area contributed by atoms with Crippen molar-refractivity contribution in [3.63, 3.8) is 0 Å². The largest absolute Gasteiger partial charge is 0.363 e. The van der Waals surface area contributed by atoms with E-state index in [1.807, 2.05) is 12.4 Å². The molecule has 0 unspecified atom stereocenters. The molecule has 104 valence electrons. The molecule has 0 aliphatic carbocycles. The number of aromatic nitrogens is 2. The molecule has 0 radical (unpaired) electrons. The van der Waals surface area contributed by atoms with Crippen LogP contribution in [0, 0.1) is 0 Å². The molecule has 0 saturated carbocycles. The van der Waals surface area contributed by atoms with Crippen LogP contribution in [0.1, 0.15) is 11.4 Å². The van der Waals surface area contributed by atoms with Gasteiger partial charge in [-0.25, -0.2) is 13.4 Å². The Balaban J connectivity index is 2.16. The lowest BCUT2D eigenvalue weighted by molar-refractivity contribution is 0.463. The van der Waals surface area contributed by atoms with Gasteiger partial charge >= 0.3 is 0 Å². The van der Waals surface area contributed by atoms with E-state index in [0.29, 0.717) is 6.54 Å². The maximum absolute atomic E-state index is 12.3. The number of hydrogen-bond acceptors (Lipinski definition) is 5. The number of rotatable bonds is 6. The van der Waals surface area contributed by atoms with Crippen LogP contribution >= 0.6 is 11.3 Å². The Morgan fingerprint density at radius 2 is 2.32 bits per heavy atom. The lowest BCUT2D eigenvalue weighted by Gasteiger charge is -2.14. The van der Waals surface area contributed by atoms with E-state index in [4.69, 9.17) is 0 Å². The van der Waals surface area contributed by atoms with E-state index in [0.717, 1.165) is 11.4 Å². The number of sulfonamides is 1. The second-order valence-electron chi connectivity index (χ2n) is 4.13. The summed E-state index contributed by atoms with van der Waals surface area (Å²) >= 11 is 1.45. The van der Waals surface area contributed by atoms with Crippen LogP contribution in [0.3, 0.4) is 0 Å². The predicted octanol–water partition coefficient (Wildman–Crippen LogP) is 1.01. The minimum Gasteiger partial charge on any atom is -0.363 e. The van der Waals surface area contributed by atoms with E-state index in [2.05, 4.69) is 15.3 Å². The highest BCUT2D eigenvalue weighted by Crippen LogP contribution is 2.17. The van der Waals surface area contributed by atoms with E-state index in [1.54, 1.807) is 18.6 Å². The highest BCUT2D eigenvalue weighted by atomic mass is 32.2. The van der Waals surface area contributed by atoms with Gasteiger partial charge in [-0.1, -0.05) is 0 Å². The van der Waals surface area contributed by atoms with E-state index in [9.17, 15) is 8.42 Å². The third-order valence-electron chi connectivity index (χ3n) is 2.66. The number of hydrogen-bond donors (Lipinski definition) is 2. The van der Waals surface area contributed by atoms with Gasteiger partial charge in [-0.15, -0.1) is 11.3 Å². The molecular formula is C11H16N4O2S2. The molecule has 0 aliphatic heterocycles. The Morgan fingerprint density at radius 1 is 1.53 bits per heavy atom. The fraction of sp³-hybridized carbons (Fsp3) is 0.364. The van der Waals surface area contributed by atoms with Gasteiger partial charge in [-0.2, -0.15) is 4.31 Å². The normalized spacial score (nSPS) is 12.2. The standard InChI is InChI=1S/C11H16N4O2S2/c1-12-4-9-3-11(5-13-9)19(16,17)15(2)6-10-7-18-8-14-10/h3,5,7-8,12-13H,4,6H2,1-2H3. The van der Waals surface area contributed by atoms with Gasteiger partial charge in [-0.3, -0.25) is 0 Å². The molecule has 0 aliphatic rings. The molecule has 2 N–H and O–H groups in total. The molecule has 8 heteroatoms. The molecule has 0 atom stereocenters. The van der Waals surface area contributed by atoms with Crippen molar-refractivity contribution in [2.75, 3.05) is 14.1 Å². The van der Waals surface area contributed by atoms with Crippen LogP contribution in [-0.4, -0.2) is 36.8 Å². The fourth-order valence-electron chi connectivity index (χ4n) is 1.67. The van der Waals surface area contributed by atoms with Crippen molar-refractivity contribution < 1.29 is 8.42 Å².